The molecule has 10 heavy (non-hydrogen) atoms. The lowest BCUT2D eigenvalue weighted by atomic mass is 9.89. The van der Waals surface area contributed by atoms with Crippen molar-refractivity contribution in [1.29, 1.82) is 0 Å². The molecule has 1 atom stereocenters. The number of hydrogen-bond acceptors (Lipinski definition) is 2. The molecule has 1 unspecified atom stereocenters. The van der Waals surface area contributed by atoms with E-state index in [0.717, 1.165) is 0 Å². The van der Waals surface area contributed by atoms with Crippen LogP contribution in [0, 0.1) is 5.41 Å². The van der Waals surface area contributed by atoms with Crippen molar-refractivity contribution in [2.24, 2.45) is 5.41 Å². The molecular weight excluding hydrogens is 148 g/mol. The quantitative estimate of drug-likeness (QED) is 0.523. The van der Waals surface area contributed by atoms with Gasteiger partial charge in [0.05, 0.1) is 0 Å². The van der Waals surface area contributed by atoms with E-state index >= 15 is 0 Å². The molecule has 0 spiro atoms. The van der Waals surface area contributed by atoms with Gasteiger partial charge >= 0.3 is 0 Å². The van der Waals surface area contributed by atoms with Crippen molar-refractivity contribution >= 4 is 16.6 Å². The Balaban J connectivity index is 2.73. The Hall–Kier alpha value is -0.180. The van der Waals surface area contributed by atoms with Crippen LogP contribution in [0.5, 0.6) is 0 Å². The highest BCUT2D eigenvalue weighted by Crippen LogP contribution is 2.24. The van der Waals surface area contributed by atoms with Crippen LogP contribution in [0.1, 0.15) is 20.3 Å². The molecular formula is C7H12O2S. The maximum atomic E-state index is 11.1. The fourth-order valence-corrected chi connectivity index (χ4v) is 2.62. The zero-order valence-corrected chi connectivity index (χ0v) is 7.16. The lowest BCUT2D eigenvalue weighted by Crippen LogP contribution is -2.36. The normalized spacial score (nSPS) is 32.2. The summed E-state index contributed by atoms with van der Waals surface area (Å²) in [5.41, 5.74) is -0.330. The van der Waals surface area contributed by atoms with Crippen molar-refractivity contribution in [2.75, 3.05) is 11.5 Å². The Morgan fingerprint density at radius 1 is 1.50 bits per heavy atom. The first-order valence-corrected chi connectivity index (χ1v) is 4.89. The van der Waals surface area contributed by atoms with Crippen molar-refractivity contribution in [3.63, 3.8) is 0 Å². The molecule has 1 saturated heterocycles. The van der Waals surface area contributed by atoms with Crippen LogP contribution in [0.4, 0.5) is 0 Å². The minimum absolute atomic E-state index is 0.257. The van der Waals surface area contributed by atoms with Gasteiger partial charge in [-0.05, 0) is 0 Å². The predicted octanol–water partition coefficient (Wildman–Crippen LogP) is 0.734. The minimum atomic E-state index is -0.751. The third-order valence-corrected chi connectivity index (χ3v) is 3.54. The molecule has 2 nitrogen and oxygen atoms in total. The molecule has 0 aliphatic carbocycles. The first-order chi connectivity index (χ1) is 4.52. The van der Waals surface area contributed by atoms with Crippen LogP contribution in [0.3, 0.4) is 0 Å². The van der Waals surface area contributed by atoms with Crippen LogP contribution in [-0.4, -0.2) is 21.5 Å². The molecule has 1 heterocycles. The molecule has 1 aliphatic heterocycles. The fraction of sp³-hybridized carbons (Fsp3) is 0.857. The van der Waals surface area contributed by atoms with E-state index in [1.165, 1.54) is 0 Å². The molecule has 1 fully saturated rings. The largest absolute Gasteiger partial charge is 0.299 e. The van der Waals surface area contributed by atoms with E-state index in [2.05, 4.69) is 0 Å². The zero-order chi connectivity index (χ0) is 7.78. The Kier molecular flexibility index (Phi) is 1.95. The third-order valence-electron chi connectivity index (χ3n) is 1.83. The predicted molar refractivity (Wildman–Crippen MR) is 41.3 cm³/mol. The van der Waals surface area contributed by atoms with Gasteiger partial charge in [0, 0.05) is 34.1 Å². The van der Waals surface area contributed by atoms with E-state index in [4.69, 9.17) is 0 Å². The summed E-state index contributed by atoms with van der Waals surface area (Å²) in [4.78, 5) is 11.1. The second kappa shape index (κ2) is 2.46. The van der Waals surface area contributed by atoms with Crippen LogP contribution in [0.25, 0.3) is 0 Å². The van der Waals surface area contributed by atoms with Crippen LogP contribution in [0.15, 0.2) is 0 Å². The van der Waals surface area contributed by atoms with Gasteiger partial charge in [-0.1, -0.05) is 13.8 Å². The monoisotopic (exact) mass is 160 g/mol. The Bertz CT molecular complexity index is 184. The summed E-state index contributed by atoms with van der Waals surface area (Å²) in [6.45, 7) is 3.73. The van der Waals surface area contributed by atoms with E-state index in [1.807, 2.05) is 13.8 Å². The van der Waals surface area contributed by atoms with Crippen LogP contribution < -0.4 is 0 Å². The summed E-state index contributed by atoms with van der Waals surface area (Å²) in [5.74, 6) is 1.38. The fourth-order valence-electron chi connectivity index (χ4n) is 1.10. The number of carbonyl (C=O) groups excluding carboxylic acids is 1. The van der Waals surface area contributed by atoms with Crippen LogP contribution in [-0.2, 0) is 15.6 Å². The van der Waals surface area contributed by atoms with Gasteiger partial charge in [0.2, 0.25) is 0 Å². The number of carbonyl (C=O) groups is 1. The number of hydrogen-bond donors (Lipinski definition) is 0. The molecule has 1 aliphatic rings. The molecule has 0 amide bonds. The highest BCUT2D eigenvalue weighted by atomic mass is 32.2. The zero-order valence-electron chi connectivity index (χ0n) is 6.35. The summed E-state index contributed by atoms with van der Waals surface area (Å²) in [7, 11) is -0.751. The van der Waals surface area contributed by atoms with Gasteiger partial charge in [0.15, 0.2) is 0 Å². The summed E-state index contributed by atoms with van der Waals surface area (Å²) in [6, 6.07) is 0. The van der Waals surface area contributed by atoms with E-state index in [-0.39, 0.29) is 11.2 Å². The van der Waals surface area contributed by atoms with Gasteiger partial charge in [-0.3, -0.25) is 9.00 Å². The molecule has 0 N–H and O–H groups in total. The topological polar surface area (TPSA) is 34.1 Å². The molecule has 0 aromatic rings. The Morgan fingerprint density at radius 3 is 2.50 bits per heavy atom. The lowest BCUT2D eigenvalue weighted by Gasteiger charge is -2.26. The summed E-state index contributed by atoms with van der Waals surface area (Å²) >= 11 is 0. The average molecular weight is 160 g/mol. The van der Waals surface area contributed by atoms with Gasteiger partial charge in [0.25, 0.3) is 0 Å². The highest BCUT2D eigenvalue weighted by Gasteiger charge is 2.33. The van der Waals surface area contributed by atoms with Gasteiger partial charge in [-0.25, -0.2) is 0 Å². The van der Waals surface area contributed by atoms with Crippen molar-refractivity contribution < 1.29 is 9.00 Å². The first kappa shape index (κ1) is 7.92. The maximum absolute atomic E-state index is 11.1. The van der Waals surface area contributed by atoms with Crippen molar-refractivity contribution in [2.45, 2.75) is 20.3 Å². The van der Waals surface area contributed by atoms with E-state index in [1.54, 1.807) is 0 Å². The van der Waals surface area contributed by atoms with E-state index in [9.17, 15) is 9.00 Å². The SMILES string of the molecule is CC1(C)CS(=O)CCC1=O. The summed E-state index contributed by atoms with van der Waals surface area (Å²) < 4.78 is 11.0. The number of Topliss-reactive ketones (excluding diaryl/α,β-unsaturated/α-hetero) is 1. The molecule has 0 radical (unpaired) electrons. The summed E-state index contributed by atoms with van der Waals surface area (Å²) in [6.07, 6.45) is 0.500. The number of rotatable bonds is 0. The maximum Gasteiger partial charge on any atom is 0.140 e. The lowest BCUT2D eigenvalue weighted by molar-refractivity contribution is -0.126. The second-order valence-corrected chi connectivity index (χ2v) is 4.92. The van der Waals surface area contributed by atoms with Crippen LogP contribution in [0.2, 0.25) is 0 Å². The van der Waals surface area contributed by atoms with Crippen molar-refractivity contribution in [3.05, 3.63) is 0 Å². The molecule has 1 rings (SSSR count). The standard InChI is InChI=1S/C7H12O2S/c1-7(2)5-10(9)4-3-6(7)8/h3-5H2,1-2H3. The first-order valence-electron chi connectivity index (χ1n) is 3.41. The molecule has 3 heteroatoms. The average Bonchev–Trinajstić information content (AvgIpc) is 1.78. The molecule has 0 aromatic heterocycles. The second-order valence-electron chi connectivity index (χ2n) is 3.35. The van der Waals surface area contributed by atoms with E-state index in [0.29, 0.717) is 17.9 Å². The van der Waals surface area contributed by atoms with Gasteiger partial charge in [-0.2, -0.15) is 0 Å². The highest BCUT2D eigenvalue weighted by molar-refractivity contribution is 7.85. The minimum Gasteiger partial charge on any atom is -0.299 e. The smallest absolute Gasteiger partial charge is 0.140 e. The summed E-state index contributed by atoms with van der Waals surface area (Å²) in [5, 5.41) is 0. The van der Waals surface area contributed by atoms with Gasteiger partial charge in [-0.15, -0.1) is 0 Å². The van der Waals surface area contributed by atoms with E-state index < -0.39 is 10.8 Å². The van der Waals surface area contributed by atoms with Gasteiger partial charge < -0.3 is 0 Å². The molecule has 0 aromatic carbocycles. The van der Waals surface area contributed by atoms with Crippen molar-refractivity contribution in [1.82, 2.24) is 0 Å². The molecule has 58 valence electrons. The third kappa shape index (κ3) is 1.45. The Morgan fingerprint density at radius 2 is 2.10 bits per heavy atom. The Labute approximate surface area is 63.5 Å². The molecule has 0 bridgehead atoms. The van der Waals surface area contributed by atoms with Crippen molar-refractivity contribution in [3.8, 4) is 0 Å². The number of ketones is 1. The molecule has 0 saturated carbocycles. The van der Waals surface area contributed by atoms with Gasteiger partial charge in [0.1, 0.15) is 5.78 Å². The van der Waals surface area contributed by atoms with Crippen LogP contribution >= 0.6 is 0 Å².